The number of carbonyl (C=O) groups excluding carboxylic acids is 1. The van der Waals surface area contributed by atoms with Crippen molar-refractivity contribution in [3.8, 4) is 0 Å². The molecule has 0 atom stereocenters. The van der Waals surface area contributed by atoms with Crippen LogP contribution in [0.3, 0.4) is 0 Å². The number of nitrogens with one attached hydrogen (secondary N) is 1. The van der Waals surface area contributed by atoms with Gasteiger partial charge in [-0.15, -0.1) is 11.3 Å². The van der Waals surface area contributed by atoms with E-state index < -0.39 is 0 Å². The van der Waals surface area contributed by atoms with E-state index in [1.54, 1.807) is 22.2 Å². The minimum absolute atomic E-state index is 0.0477. The smallest absolute Gasteiger partial charge is 0.263 e. The number of para-hydroxylation sites is 1. The normalized spacial score (nSPS) is 13.3. The Kier molecular flexibility index (Phi) is 6.12. The summed E-state index contributed by atoms with van der Waals surface area (Å²) < 4.78 is 7.16. The molecule has 1 aliphatic carbocycles. The fourth-order valence-corrected chi connectivity index (χ4v) is 6.45. The van der Waals surface area contributed by atoms with Crippen LogP contribution in [0.15, 0.2) is 51.0 Å². The lowest BCUT2D eigenvalue weighted by atomic mass is 9.97. The Labute approximate surface area is 200 Å². The summed E-state index contributed by atoms with van der Waals surface area (Å²) in [4.78, 5) is 33.3. The zero-order chi connectivity index (χ0) is 22.9. The van der Waals surface area contributed by atoms with Crippen LogP contribution in [-0.2, 0) is 24.2 Å². The topological polar surface area (TPSA) is 77.1 Å². The van der Waals surface area contributed by atoms with Gasteiger partial charge in [0.05, 0.1) is 23.9 Å². The maximum Gasteiger partial charge on any atom is 0.263 e. The second-order valence-electron chi connectivity index (χ2n) is 8.36. The summed E-state index contributed by atoms with van der Waals surface area (Å²) in [5.74, 6) is 0.723. The zero-order valence-corrected chi connectivity index (χ0v) is 20.3. The van der Waals surface area contributed by atoms with Gasteiger partial charge >= 0.3 is 0 Å². The van der Waals surface area contributed by atoms with E-state index in [4.69, 9.17) is 9.40 Å². The summed E-state index contributed by atoms with van der Waals surface area (Å²) >= 11 is 2.91. The number of thioether (sulfide) groups is 1. The third-order valence-corrected chi connectivity index (χ3v) is 8.17. The largest absolute Gasteiger partial charge is 0.467 e. The van der Waals surface area contributed by atoms with Crippen LogP contribution in [-0.4, -0.2) is 21.2 Å². The number of fused-ring (bicyclic) bond motifs is 3. The van der Waals surface area contributed by atoms with Crippen LogP contribution >= 0.6 is 23.1 Å². The Bertz CT molecular complexity index is 1370. The zero-order valence-electron chi connectivity index (χ0n) is 18.6. The molecule has 0 spiro atoms. The fraction of sp³-hybridized carbons (Fsp3) is 0.320. The first kappa shape index (κ1) is 22.0. The van der Waals surface area contributed by atoms with Crippen LogP contribution in [0.2, 0.25) is 0 Å². The molecule has 5 rings (SSSR count). The van der Waals surface area contributed by atoms with Gasteiger partial charge in [-0.25, -0.2) is 4.98 Å². The minimum Gasteiger partial charge on any atom is -0.467 e. The van der Waals surface area contributed by atoms with Gasteiger partial charge in [-0.1, -0.05) is 30.0 Å². The number of benzene rings is 1. The average Bonchev–Trinajstić information content (AvgIpc) is 3.44. The second-order valence-corrected chi connectivity index (χ2v) is 10.4. The Morgan fingerprint density at radius 3 is 2.73 bits per heavy atom. The maximum absolute atomic E-state index is 13.6. The molecule has 3 heterocycles. The fourth-order valence-electron chi connectivity index (χ4n) is 4.35. The standard InChI is InChI=1S/C25H25N3O3S2/c1-15-7-5-8-16(2)22(15)26-20(29)14-32-25-27-23-21(18-10-3-4-11-19(18)33-23)24(30)28(25)13-17-9-6-12-31-17/h5-9,12H,3-4,10-11,13-14H2,1-2H3,(H,26,29). The Morgan fingerprint density at radius 1 is 1.18 bits per heavy atom. The van der Waals surface area contributed by atoms with E-state index in [-0.39, 0.29) is 17.2 Å². The molecule has 1 N–H and O–H groups in total. The van der Waals surface area contributed by atoms with E-state index in [2.05, 4.69) is 5.32 Å². The summed E-state index contributed by atoms with van der Waals surface area (Å²) in [6.07, 6.45) is 5.79. The van der Waals surface area contributed by atoms with Gasteiger partial charge in [-0.05, 0) is 68.4 Å². The summed E-state index contributed by atoms with van der Waals surface area (Å²) in [6, 6.07) is 9.59. The first-order valence-corrected chi connectivity index (χ1v) is 12.9. The molecule has 170 valence electrons. The van der Waals surface area contributed by atoms with Gasteiger partial charge in [-0.2, -0.15) is 0 Å². The van der Waals surface area contributed by atoms with E-state index >= 15 is 0 Å². The SMILES string of the molecule is Cc1cccc(C)c1NC(=O)CSc1nc2sc3c(c2c(=O)n1Cc1ccco1)CCCC3. The van der Waals surface area contributed by atoms with Gasteiger partial charge in [0.2, 0.25) is 5.91 Å². The van der Waals surface area contributed by atoms with E-state index in [9.17, 15) is 9.59 Å². The first-order chi connectivity index (χ1) is 16.0. The number of aryl methyl sites for hydroxylation is 4. The molecule has 0 bridgehead atoms. The molecule has 0 radical (unpaired) electrons. The molecule has 0 unspecified atom stereocenters. The molecule has 8 heteroatoms. The Hall–Kier alpha value is -2.84. The van der Waals surface area contributed by atoms with Crippen LogP contribution < -0.4 is 10.9 Å². The number of nitrogens with zero attached hydrogens (tertiary/aromatic N) is 2. The van der Waals surface area contributed by atoms with Gasteiger partial charge in [0.1, 0.15) is 10.6 Å². The third-order valence-electron chi connectivity index (χ3n) is 6.01. The van der Waals surface area contributed by atoms with Crippen LogP contribution in [0, 0.1) is 13.8 Å². The predicted octanol–water partition coefficient (Wildman–Crippen LogP) is 5.33. The molecule has 3 aromatic heterocycles. The number of rotatable bonds is 6. The molecular weight excluding hydrogens is 454 g/mol. The number of carbonyl (C=O) groups is 1. The Morgan fingerprint density at radius 2 is 1.97 bits per heavy atom. The number of hydrogen-bond acceptors (Lipinski definition) is 6. The van der Waals surface area contributed by atoms with Crippen molar-refractivity contribution < 1.29 is 9.21 Å². The van der Waals surface area contributed by atoms with E-state index in [0.29, 0.717) is 17.5 Å². The molecule has 4 aromatic rings. The summed E-state index contributed by atoms with van der Waals surface area (Å²) in [5, 5.41) is 4.30. The number of anilines is 1. The highest BCUT2D eigenvalue weighted by atomic mass is 32.2. The lowest BCUT2D eigenvalue weighted by molar-refractivity contribution is -0.113. The third kappa shape index (κ3) is 4.37. The summed E-state index contributed by atoms with van der Waals surface area (Å²) in [6.45, 7) is 4.25. The van der Waals surface area contributed by atoms with Crippen LogP contribution in [0.5, 0.6) is 0 Å². The van der Waals surface area contributed by atoms with Gasteiger partial charge in [0.25, 0.3) is 5.56 Å². The van der Waals surface area contributed by atoms with E-state index in [1.807, 2.05) is 44.2 Å². The van der Waals surface area contributed by atoms with Crippen molar-refractivity contribution in [3.05, 3.63) is 74.3 Å². The lowest BCUT2D eigenvalue weighted by Gasteiger charge is -2.14. The van der Waals surface area contributed by atoms with Gasteiger partial charge in [-0.3, -0.25) is 14.2 Å². The number of hydrogen-bond donors (Lipinski definition) is 1. The Balaban J connectivity index is 1.47. The molecule has 0 saturated carbocycles. The summed E-state index contributed by atoms with van der Waals surface area (Å²) in [5.41, 5.74) is 3.99. The lowest BCUT2D eigenvalue weighted by Crippen LogP contribution is -2.25. The van der Waals surface area contributed by atoms with Crippen molar-refractivity contribution in [2.75, 3.05) is 11.1 Å². The number of thiophene rings is 1. The van der Waals surface area contributed by atoms with Gasteiger partial charge in [0, 0.05) is 10.6 Å². The highest BCUT2D eigenvalue weighted by molar-refractivity contribution is 7.99. The van der Waals surface area contributed by atoms with Crippen molar-refractivity contribution in [1.29, 1.82) is 0 Å². The van der Waals surface area contributed by atoms with Crippen molar-refractivity contribution in [1.82, 2.24) is 9.55 Å². The molecule has 6 nitrogen and oxygen atoms in total. The van der Waals surface area contributed by atoms with Crippen molar-refractivity contribution in [2.45, 2.75) is 51.2 Å². The molecular formula is C25H25N3O3S2. The highest BCUT2D eigenvalue weighted by Gasteiger charge is 2.23. The highest BCUT2D eigenvalue weighted by Crippen LogP contribution is 2.35. The van der Waals surface area contributed by atoms with Crippen molar-refractivity contribution >= 4 is 44.9 Å². The molecule has 33 heavy (non-hydrogen) atoms. The molecule has 1 aromatic carbocycles. The molecule has 0 aliphatic heterocycles. The minimum atomic E-state index is -0.123. The van der Waals surface area contributed by atoms with Crippen LogP contribution in [0.4, 0.5) is 5.69 Å². The monoisotopic (exact) mass is 479 g/mol. The average molecular weight is 480 g/mol. The molecule has 0 saturated heterocycles. The quantitative estimate of drug-likeness (QED) is 0.299. The first-order valence-electron chi connectivity index (χ1n) is 11.1. The van der Waals surface area contributed by atoms with Crippen molar-refractivity contribution in [2.24, 2.45) is 0 Å². The number of furan rings is 1. The van der Waals surface area contributed by atoms with E-state index in [0.717, 1.165) is 58.3 Å². The van der Waals surface area contributed by atoms with Crippen molar-refractivity contribution in [3.63, 3.8) is 0 Å². The molecule has 1 amide bonds. The molecule has 0 fully saturated rings. The number of aromatic nitrogens is 2. The second kappa shape index (κ2) is 9.19. The van der Waals surface area contributed by atoms with E-state index in [1.165, 1.54) is 16.6 Å². The predicted molar refractivity (Wildman–Crippen MR) is 134 cm³/mol. The van der Waals surface area contributed by atoms with Crippen LogP contribution in [0.25, 0.3) is 10.2 Å². The van der Waals surface area contributed by atoms with Crippen LogP contribution in [0.1, 0.15) is 40.2 Å². The van der Waals surface area contributed by atoms with Gasteiger partial charge in [0.15, 0.2) is 5.16 Å². The summed E-state index contributed by atoms with van der Waals surface area (Å²) in [7, 11) is 0. The number of amides is 1. The molecule has 1 aliphatic rings. The maximum atomic E-state index is 13.6. The van der Waals surface area contributed by atoms with Gasteiger partial charge < -0.3 is 9.73 Å².